The predicted octanol–water partition coefficient (Wildman–Crippen LogP) is 3.33. The van der Waals surface area contributed by atoms with Crippen molar-refractivity contribution in [1.82, 2.24) is 30.0 Å². The molecule has 0 spiro atoms. The zero-order chi connectivity index (χ0) is 21.5. The van der Waals surface area contributed by atoms with Gasteiger partial charge in [0.05, 0.1) is 16.7 Å². The van der Waals surface area contributed by atoms with Crippen LogP contribution in [0.5, 0.6) is 0 Å². The van der Waals surface area contributed by atoms with E-state index in [0.717, 1.165) is 55.5 Å². The number of guanidine groups is 1. The summed E-state index contributed by atoms with van der Waals surface area (Å²) in [5.74, 6) is 1.89. The van der Waals surface area contributed by atoms with Gasteiger partial charge in [-0.15, -0.1) is 0 Å². The quantitative estimate of drug-likeness (QED) is 0.263. The minimum Gasteiger partial charge on any atom is -0.356 e. The smallest absolute Gasteiger partial charge is 0.190 e. The predicted molar refractivity (Wildman–Crippen MR) is 126 cm³/mol. The molecule has 0 saturated carbocycles. The second-order valence-electron chi connectivity index (χ2n) is 7.45. The molecular formula is C24H29N7. The van der Waals surface area contributed by atoms with Crippen LogP contribution in [0.25, 0.3) is 16.7 Å². The van der Waals surface area contributed by atoms with E-state index in [1.807, 2.05) is 30.1 Å². The SMILES string of the molecule is CN=C(NCCCn1c(C)nc2ccccc21)NCCc1ccc(-n2cccn2)cc1. The third-order valence-electron chi connectivity index (χ3n) is 5.33. The fourth-order valence-electron chi connectivity index (χ4n) is 3.70. The first-order valence-electron chi connectivity index (χ1n) is 10.7. The van der Waals surface area contributed by atoms with Crippen molar-refractivity contribution in [3.63, 3.8) is 0 Å². The number of aliphatic imine (C=N–C) groups is 1. The largest absolute Gasteiger partial charge is 0.356 e. The Kier molecular flexibility index (Phi) is 6.62. The van der Waals surface area contributed by atoms with Gasteiger partial charge in [-0.1, -0.05) is 24.3 Å². The second kappa shape index (κ2) is 9.93. The van der Waals surface area contributed by atoms with Crippen LogP contribution >= 0.6 is 0 Å². The van der Waals surface area contributed by atoms with Crippen LogP contribution in [0, 0.1) is 6.92 Å². The summed E-state index contributed by atoms with van der Waals surface area (Å²) in [6.07, 6.45) is 5.66. The van der Waals surface area contributed by atoms with Crippen LogP contribution < -0.4 is 10.6 Å². The molecule has 0 atom stereocenters. The Labute approximate surface area is 182 Å². The number of nitrogens with zero attached hydrogens (tertiary/aromatic N) is 5. The molecule has 0 aliphatic carbocycles. The normalized spacial score (nSPS) is 11.7. The van der Waals surface area contributed by atoms with E-state index in [1.165, 1.54) is 11.1 Å². The average Bonchev–Trinajstić information content (AvgIpc) is 3.44. The molecule has 4 aromatic rings. The lowest BCUT2D eigenvalue weighted by atomic mass is 10.1. The number of imidazole rings is 1. The van der Waals surface area contributed by atoms with Crippen LogP contribution in [0.15, 0.2) is 72.0 Å². The topological polar surface area (TPSA) is 72.1 Å². The van der Waals surface area contributed by atoms with E-state index < -0.39 is 0 Å². The van der Waals surface area contributed by atoms with Gasteiger partial charge in [-0.05, 0) is 55.7 Å². The molecule has 0 saturated heterocycles. The van der Waals surface area contributed by atoms with E-state index in [0.29, 0.717) is 0 Å². The van der Waals surface area contributed by atoms with Gasteiger partial charge < -0.3 is 15.2 Å². The summed E-state index contributed by atoms with van der Waals surface area (Å²) in [5.41, 5.74) is 4.60. The molecule has 0 aliphatic rings. The van der Waals surface area contributed by atoms with Crippen LogP contribution in [0.2, 0.25) is 0 Å². The fraction of sp³-hybridized carbons (Fsp3) is 0.292. The van der Waals surface area contributed by atoms with Gasteiger partial charge in [0.2, 0.25) is 0 Å². The zero-order valence-electron chi connectivity index (χ0n) is 18.1. The van der Waals surface area contributed by atoms with Crippen molar-refractivity contribution in [3.8, 4) is 5.69 Å². The molecule has 31 heavy (non-hydrogen) atoms. The standard InChI is InChI=1S/C24H29N7/c1-19-29-22-7-3-4-8-23(22)30(19)17-5-14-26-24(25-2)27-16-13-20-9-11-21(12-10-20)31-18-6-15-28-31/h3-4,6-12,15,18H,5,13-14,16-17H2,1-2H3,(H2,25,26,27). The molecule has 160 valence electrons. The Morgan fingerprint density at radius 1 is 1.00 bits per heavy atom. The van der Waals surface area contributed by atoms with E-state index in [4.69, 9.17) is 0 Å². The molecule has 2 heterocycles. The van der Waals surface area contributed by atoms with Crippen LogP contribution in [-0.2, 0) is 13.0 Å². The first-order valence-corrected chi connectivity index (χ1v) is 10.7. The monoisotopic (exact) mass is 415 g/mol. The van der Waals surface area contributed by atoms with Crippen LogP contribution in [0.4, 0.5) is 0 Å². The molecule has 0 fully saturated rings. The summed E-state index contributed by atoms with van der Waals surface area (Å²) in [6, 6.07) is 18.7. The van der Waals surface area contributed by atoms with Gasteiger partial charge in [0.1, 0.15) is 5.82 Å². The third-order valence-corrected chi connectivity index (χ3v) is 5.33. The number of fused-ring (bicyclic) bond motifs is 1. The Morgan fingerprint density at radius 2 is 1.81 bits per heavy atom. The van der Waals surface area contributed by atoms with E-state index in [1.54, 1.807) is 6.20 Å². The molecular weight excluding hydrogens is 386 g/mol. The Bertz CT molecular complexity index is 1120. The van der Waals surface area contributed by atoms with Gasteiger partial charge in [-0.3, -0.25) is 4.99 Å². The second-order valence-corrected chi connectivity index (χ2v) is 7.45. The van der Waals surface area contributed by atoms with Gasteiger partial charge in [0.25, 0.3) is 0 Å². The molecule has 7 nitrogen and oxygen atoms in total. The number of hydrogen-bond acceptors (Lipinski definition) is 3. The number of hydrogen-bond donors (Lipinski definition) is 2. The van der Waals surface area contributed by atoms with Crippen molar-refractivity contribution < 1.29 is 0 Å². The van der Waals surface area contributed by atoms with Gasteiger partial charge >= 0.3 is 0 Å². The highest BCUT2D eigenvalue weighted by atomic mass is 15.3. The Morgan fingerprint density at radius 3 is 2.58 bits per heavy atom. The molecule has 0 bridgehead atoms. The maximum atomic E-state index is 4.63. The summed E-state index contributed by atoms with van der Waals surface area (Å²) in [4.78, 5) is 8.97. The van der Waals surface area contributed by atoms with Gasteiger partial charge in [-0.2, -0.15) is 5.10 Å². The molecule has 0 radical (unpaired) electrons. The minimum absolute atomic E-state index is 0.825. The van der Waals surface area contributed by atoms with Crippen molar-refractivity contribution in [3.05, 3.63) is 78.4 Å². The maximum Gasteiger partial charge on any atom is 0.190 e. The molecule has 7 heteroatoms. The van der Waals surface area contributed by atoms with Crippen LogP contribution in [0.1, 0.15) is 17.8 Å². The van der Waals surface area contributed by atoms with Crippen molar-refractivity contribution in [2.75, 3.05) is 20.1 Å². The molecule has 0 unspecified atom stereocenters. The number of aryl methyl sites for hydroxylation is 2. The zero-order valence-corrected chi connectivity index (χ0v) is 18.1. The third kappa shape index (κ3) is 5.12. The minimum atomic E-state index is 0.825. The van der Waals surface area contributed by atoms with Crippen molar-refractivity contribution in [2.45, 2.75) is 26.3 Å². The highest BCUT2D eigenvalue weighted by Crippen LogP contribution is 2.15. The number of aromatic nitrogens is 4. The van der Waals surface area contributed by atoms with E-state index in [9.17, 15) is 0 Å². The van der Waals surface area contributed by atoms with Crippen molar-refractivity contribution in [2.24, 2.45) is 4.99 Å². The van der Waals surface area contributed by atoms with Crippen LogP contribution in [-0.4, -0.2) is 45.4 Å². The lowest BCUT2D eigenvalue weighted by Gasteiger charge is -2.13. The summed E-state index contributed by atoms with van der Waals surface area (Å²) in [5, 5.41) is 11.1. The molecule has 0 amide bonds. The number of benzene rings is 2. The molecule has 2 N–H and O–H groups in total. The Hall–Kier alpha value is -3.61. The first kappa shape index (κ1) is 20.7. The van der Waals surface area contributed by atoms with E-state index >= 15 is 0 Å². The van der Waals surface area contributed by atoms with Crippen LogP contribution in [0.3, 0.4) is 0 Å². The van der Waals surface area contributed by atoms with Gasteiger partial charge in [0, 0.05) is 39.1 Å². The van der Waals surface area contributed by atoms with E-state index in [-0.39, 0.29) is 0 Å². The highest BCUT2D eigenvalue weighted by Gasteiger charge is 2.06. The molecule has 2 aromatic heterocycles. The first-order chi connectivity index (χ1) is 15.2. The summed E-state index contributed by atoms with van der Waals surface area (Å²) >= 11 is 0. The lowest BCUT2D eigenvalue weighted by Crippen LogP contribution is -2.39. The number of rotatable bonds is 8. The Balaban J connectivity index is 1.20. The molecule has 0 aliphatic heterocycles. The average molecular weight is 416 g/mol. The fourth-order valence-corrected chi connectivity index (χ4v) is 3.70. The van der Waals surface area contributed by atoms with Gasteiger partial charge in [-0.25, -0.2) is 9.67 Å². The number of nitrogens with one attached hydrogen (secondary N) is 2. The summed E-state index contributed by atoms with van der Waals surface area (Å²) in [7, 11) is 1.81. The van der Waals surface area contributed by atoms with E-state index in [2.05, 4.69) is 79.7 Å². The van der Waals surface area contributed by atoms with Gasteiger partial charge in [0.15, 0.2) is 5.96 Å². The lowest BCUT2D eigenvalue weighted by molar-refractivity contribution is 0.624. The molecule has 2 aromatic carbocycles. The summed E-state index contributed by atoms with van der Waals surface area (Å²) in [6.45, 7) is 4.67. The van der Waals surface area contributed by atoms with Crippen molar-refractivity contribution >= 4 is 17.0 Å². The number of para-hydroxylation sites is 2. The summed E-state index contributed by atoms with van der Waals surface area (Å²) < 4.78 is 4.14. The van der Waals surface area contributed by atoms with Crippen molar-refractivity contribution in [1.29, 1.82) is 0 Å². The maximum absolute atomic E-state index is 4.63. The molecule has 4 rings (SSSR count). The highest BCUT2D eigenvalue weighted by molar-refractivity contribution is 5.79.